The van der Waals surface area contributed by atoms with Crippen molar-refractivity contribution in [2.45, 2.75) is 6.92 Å². The Morgan fingerprint density at radius 1 is 1.40 bits per heavy atom. The van der Waals surface area contributed by atoms with Crippen LogP contribution in [0.2, 0.25) is 0 Å². The van der Waals surface area contributed by atoms with Gasteiger partial charge in [-0.1, -0.05) is 12.1 Å². The van der Waals surface area contributed by atoms with Gasteiger partial charge in [-0.3, -0.25) is 4.68 Å². The Labute approximate surface area is 102 Å². The highest BCUT2D eigenvalue weighted by atomic mass is 127. The van der Waals surface area contributed by atoms with Crippen molar-refractivity contribution in [1.29, 1.82) is 0 Å². The van der Waals surface area contributed by atoms with Crippen molar-refractivity contribution in [1.82, 2.24) is 9.78 Å². The summed E-state index contributed by atoms with van der Waals surface area (Å²) in [5, 5.41) is 4.41. The minimum absolute atomic E-state index is 0.726. The van der Waals surface area contributed by atoms with E-state index in [0.29, 0.717) is 0 Å². The van der Waals surface area contributed by atoms with Crippen LogP contribution >= 0.6 is 22.6 Å². The summed E-state index contributed by atoms with van der Waals surface area (Å²) in [4.78, 5) is 0. The number of hydrogen-bond acceptors (Lipinski definition) is 2. The molecular formula is C11H12IN3. The van der Waals surface area contributed by atoms with Gasteiger partial charge in [-0.2, -0.15) is 5.10 Å². The highest BCUT2D eigenvalue weighted by Gasteiger charge is 2.11. The first-order chi connectivity index (χ1) is 7.09. The van der Waals surface area contributed by atoms with Gasteiger partial charge in [0.1, 0.15) is 5.82 Å². The van der Waals surface area contributed by atoms with E-state index in [2.05, 4.69) is 45.9 Å². The maximum atomic E-state index is 5.88. The van der Waals surface area contributed by atoms with Gasteiger partial charge < -0.3 is 5.73 Å². The number of rotatable bonds is 1. The fraction of sp³-hybridized carbons (Fsp3) is 0.182. The molecule has 2 aromatic rings. The molecule has 0 spiro atoms. The molecule has 0 aliphatic heterocycles. The third kappa shape index (κ3) is 1.86. The number of halogens is 1. The van der Waals surface area contributed by atoms with Crippen LogP contribution < -0.4 is 5.73 Å². The highest BCUT2D eigenvalue weighted by molar-refractivity contribution is 14.1. The van der Waals surface area contributed by atoms with Crippen LogP contribution in [0.3, 0.4) is 0 Å². The molecule has 0 radical (unpaired) electrons. The van der Waals surface area contributed by atoms with Gasteiger partial charge in [-0.25, -0.2) is 0 Å². The molecule has 78 valence electrons. The van der Waals surface area contributed by atoms with Crippen LogP contribution in [0.1, 0.15) is 5.56 Å². The fourth-order valence-electron chi connectivity index (χ4n) is 1.55. The summed E-state index contributed by atoms with van der Waals surface area (Å²) in [6, 6.07) is 8.25. The van der Waals surface area contributed by atoms with Gasteiger partial charge in [0.25, 0.3) is 0 Å². The topological polar surface area (TPSA) is 43.8 Å². The molecule has 0 unspecified atom stereocenters. The van der Waals surface area contributed by atoms with Crippen molar-refractivity contribution in [2.75, 3.05) is 5.73 Å². The zero-order chi connectivity index (χ0) is 11.0. The number of nitrogens with two attached hydrogens (primary N) is 1. The van der Waals surface area contributed by atoms with Gasteiger partial charge in [-0.15, -0.1) is 0 Å². The predicted molar refractivity (Wildman–Crippen MR) is 70.5 cm³/mol. The fourth-order valence-corrected chi connectivity index (χ4v) is 2.10. The van der Waals surface area contributed by atoms with Crippen LogP contribution in [0.15, 0.2) is 24.3 Å². The van der Waals surface area contributed by atoms with Gasteiger partial charge in [0.2, 0.25) is 0 Å². The summed E-state index contributed by atoms with van der Waals surface area (Å²) >= 11 is 2.29. The molecular weight excluding hydrogens is 301 g/mol. The van der Waals surface area contributed by atoms with Crippen LogP contribution in [0.4, 0.5) is 5.82 Å². The van der Waals surface area contributed by atoms with Gasteiger partial charge in [0.05, 0.1) is 5.69 Å². The summed E-state index contributed by atoms with van der Waals surface area (Å²) in [6.45, 7) is 2.00. The molecule has 1 aromatic carbocycles. The van der Waals surface area contributed by atoms with Crippen molar-refractivity contribution >= 4 is 28.4 Å². The molecule has 0 bridgehead atoms. The molecule has 0 atom stereocenters. The first kappa shape index (κ1) is 10.5. The second kappa shape index (κ2) is 3.84. The van der Waals surface area contributed by atoms with E-state index < -0.39 is 0 Å². The largest absolute Gasteiger partial charge is 0.384 e. The average molecular weight is 313 g/mol. The van der Waals surface area contributed by atoms with Crippen molar-refractivity contribution < 1.29 is 0 Å². The minimum atomic E-state index is 0.726. The second-order valence-corrected chi connectivity index (χ2v) is 4.74. The van der Waals surface area contributed by atoms with E-state index >= 15 is 0 Å². The van der Waals surface area contributed by atoms with E-state index in [4.69, 9.17) is 5.73 Å². The quantitative estimate of drug-likeness (QED) is 0.823. The van der Waals surface area contributed by atoms with Gasteiger partial charge in [0.15, 0.2) is 0 Å². The Kier molecular flexibility index (Phi) is 2.68. The first-order valence-electron chi connectivity index (χ1n) is 4.64. The Hall–Kier alpha value is -1.04. The summed E-state index contributed by atoms with van der Waals surface area (Å²) in [5.41, 5.74) is 9.00. The van der Waals surface area contributed by atoms with Crippen molar-refractivity contribution in [3.63, 3.8) is 0 Å². The molecule has 2 rings (SSSR count). The standard InChI is InChI=1S/C11H12IN3/c1-7-10(14-15(2)11(7)13)8-4-3-5-9(12)6-8/h3-6H,13H2,1-2H3. The lowest BCUT2D eigenvalue weighted by Crippen LogP contribution is -1.97. The Balaban J connectivity index is 2.59. The SMILES string of the molecule is Cc1c(-c2cccc(I)c2)nn(C)c1N. The summed E-state index contributed by atoms with van der Waals surface area (Å²) < 4.78 is 2.92. The number of aromatic nitrogens is 2. The molecule has 0 saturated heterocycles. The zero-order valence-electron chi connectivity index (χ0n) is 8.66. The molecule has 0 fully saturated rings. The lowest BCUT2D eigenvalue weighted by molar-refractivity contribution is 0.782. The van der Waals surface area contributed by atoms with E-state index in [-0.39, 0.29) is 0 Å². The van der Waals surface area contributed by atoms with Crippen molar-refractivity contribution in [3.8, 4) is 11.3 Å². The van der Waals surface area contributed by atoms with E-state index in [1.54, 1.807) is 4.68 Å². The molecule has 1 heterocycles. The molecule has 3 nitrogen and oxygen atoms in total. The Morgan fingerprint density at radius 2 is 2.13 bits per heavy atom. The Bertz CT molecular complexity index is 503. The minimum Gasteiger partial charge on any atom is -0.384 e. The number of nitrogen functional groups attached to an aromatic ring is 1. The molecule has 15 heavy (non-hydrogen) atoms. The molecule has 4 heteroatoms. The summed E-state index contributed by atoms with van der Waals surface area (Å²) in [7, 11) is 1.86. The summed E-state index contributed by atoms with van der Waals surface area (Å²) in [5.74, 6) is 0.726. The van der Waals surface area contributed by atoms with E-state index in [9.17, 15) is 0 Å². The number of nitrogens with zero attached hydrogens (tertiary/aromatic N) is 2. The van der Waals surface area contributed by atoms with Gasteiger partial charge >= 0.3 is 0 Å². The van der Waals surface area contributed by atoms with E-state index in [1.807, 2.05) is 20.0 Å². The number of anilines is 1. The first-order valence-corrected chi connectivity index (χ1v) is 5.72. The molecule has 0 aliphatic rings. The van der Waals surface area contributed by atoms with Crippen LogP contribution in [-0.4, -0.2) is 9.78 Å². The summed E-state index contributed by atoms with van der Waals surface area (Å²) in [6.07, 6.45) is 0. The monoisotopic (exact) mass is 313 g/mol. The smallest absolute Gasteiger partial charge is 0.124 e. The molecule has 0 saturated carbocycles. The number of benzene rings is 1. The third-order valence-corrected chi connectivity index (χ3v) is 3.11. The highest BCUT2D eigenvalue weighted by Crippen LogP contribution is 2.26. The van der Waals surface area contributed by atoms with Crippen LogP contribution in [0, 0.1) is 10.5 Å². The lowest BCUT2D eigenvalue weighted by Gasteiger charge is -1.98. The number of hydrogen-bond donors (Lipinski definition) is 1. The normalized spacial score (nSPS) is 10.6. The molecule has 2 N–H and O–H groups in total. The van der Waals surface area contributed by atoms with E-state index in [1.165, 1.54) is 3.57 Å². The number of aryl methyl sites for hydroxylation is 1. The van der Waals surface area contributed by atoms with Crippen LogP contribution in [0.5, 0.6) is 0 Å². The molecule has 0 amide bonds. The maximum Gasteiger partial charge on any atom is 0.124 e. The third-order valence-electron chi connectivity index (χ3n) is 2.44. The molecule has 1 aromatic heterocycles. The van der Waals surface area contributed by atoms with Crippen molar-refractivity contribution in [2.24, 2.45) is 7.05 Å². The van der Waals surface area contributed by atoms with Crippen molar-refractivity contribution in [3.05, 3.63) is 33.4 Å². The van der Waals surface area contributed by atoms with Crippen LogP contribution in [0.25, 0.3) is 11.3 Å². The zero-order valence-corrected chi connectivity index (χ0v) is 10.8. The van der Waals surface area contributed by atoms with Crippen LogP contribution in [-0.2, 0) is 7.05 Å². The van der Waals surface area contributed by atoms with Gasteiger partial charge in [-0.05, 0) is 41.6 Å². The average Bonchev–Trinajstić information content (AvgIpc) is 2.46. The maximum absolute atomic E-state index is 5.88. The van der Waals surface area contributed by atoms with Gasteiger partial charge in [0, 0.05) is 21.7 Å². The predicted octanol–water partition coefficient (Wildman–Crippen LogP) is 2.58. The molecule has 0 aliphatic carbocycles. The second-order valence-electron chi connectivity index (χ2n) is 3.49. The lowest BCUT2D eigenvalue weighted by atomic mass is 10.1. The Morgan fingerprint density at radius 3 is 2.67 bits per heavy atom. The van der Waals surface area contributed by atoms with E-state index in [0.717, 1.165) is 22.6 Å².